The summed E-state index contributed by atoms with van der Waals surface area (Å²) in [5.41, 5.74) is -0.616. The van der Waals surface area contributed by atoms with Crippen molar-refractivity contribution in [2.24, 2.45) is 5.92 Å². The van der Waals surface area contributed by atoms with E-state index in [1.807, 2.05) is 13.0 Å². The van der Waals surface area contributed by atoms with Crippen LogP contribution in [0.1, 0.15) is 36.4 Å². The van der Waals surface area contributed by atoms with Crippen molar-refractivity contribution in [3.63, 3.8) is 0 Å². The molecule has 1 atom stereocenters. The molecule has 1 N–H and O–H groups in total. The van der Waals surface area contributed by atoms with Gasteiger partial charge < -0.3 is 9.84 Å². The van der Waals surface area contributed by atoms with Crippen molar-refractivity contribution in [3.05, 3.63) is 76.0 Å². The lowest BCUT2D eigenvalue weighted by atomic mass is 9.98. The minimum absolute atomic E-state index is 0.0837. The van der Waals surface area contributed by atoms with Gasteiger partial charge in [-0.2, -0.15) is 13.2 Å². The number of hydrogen-bond donors (Lipinski definition) is 1. The third kappa shape index (κ3) is 6.99. The Morgan fingerprint density at radius 3 is 2.56 bits per heavy atom. The first kappa shape index (κ1) is 28.0. The van der Waals surface area contributed by atoms with Crippen LogP contribution in [0.2, 0.25) is 0 Å². The Bertz CT molecular complexity index is 1170. The number of allylic oxidation sites excluding steroid dienone is 2. The van der Waals surface area contributed by atoms with Crippen LogP contribution in [-0.4, -0.2) is 39.7 Å². The van der Waals surface area contributed by atoms with E-state index in [2.05, 4.69) is 16.5 Å². The molecule has 36 heavy (non-hydrogen) atoms. The number of ether oxygens (including phenoxy) is 1. The summed E-state index contributed by atoms with van der Waals surface area (Å²) < 4.78 is 44.2. The highest BCUT2D eigenvalue weighted by molar-refractivity contribution is 7.15. The number of nitrogens with zero attached hydrogens (tertiary/aromatic N) is 2. The molecule has 1 aromatic carbocycles. The van der Waals surface area contributed by atoms with Crippen molar-refractivity contribution in [2.45, 2.75) is 45.5 Å². The van der Waals surface area contributed by atoms with E-state index in [1.54, 1.807) is 12.2 Å². The summed E-state index contributed by atoms with van der Waals surface area (Å²) in [5.74, 6) is -0.641. The number of aromatic nitrogens is 1. The monoisotopic (exact) mass is 540 g/mol. The molecule has 1 heterocycles. The van der Waals surface area contributed by atoms with Gasteiger partial charge in [0.05, 0.1) is 16.3 Å². The van der Waals surface area contributed by atoms with Gasteiger partial charge in [0, 0.05) is 30.1 Å². The van der Waals surface area contributed by atoms with Crippen LogP contribution in [0.3, 0.4) is 0 Å². The van der Waals surface area contributed by atoms with Gasteiger partial charge in [-0.05, 0) is 51.3 Å². The molecule has 1 aliphatic carbocycles. The number of thiazole rings is 1. The van der Waals surface area contributed by atoms with Crippen LogP contribution >= 0.6 is 22.9 Å². The number of benzene rings is 1. The van der Waals surface area contributed by atoms with Gasteiger partial charge in [0.1, 0.15) is 10.8 Å². The highest BCUT2D eigenvalue weighted by Gasteiger charge is 2.32. The van der Waals surface area contributed by atoms with E-state index in [-0.39, 0.29) is 5.92 Å². The number of carboxylic acids is 1. The highest BCUT2D eigenvalue weighted by atomic mass is 35.5. The number of carboxylic acid groups (broad SMARTS) is 1. The van der Waals surface area contributed by atoms with Crippen LogP contribution in [0.15, 0.2) is 59.9 Å². The molecule has 0 amide bonds. The van der Waals surface area contributed by atoms with Crippen molar-refractivity contribution < 1.29 is 27.8 Å². The summed E-state index contributed by atoms with van der Waals surface area (Å²) >= 11 is 7.89. The summed E-state index contributed by atoms with van der Waals surface area (Å²) in [6.45, 7) is 10.6. The molecule has 0 radical (unpaired) electrons. The average molecular weight is 541 g/mol. The molecule has 0 fully saturated rings. The number of carbonyl (C=O) groups is 1. The maximum Gasteiger partial charge on any atom is 0.416 e. The molecule has 10 heteroatoms. The molecule has 1 unspecified atom stereocenters. The highest BCUT2D eigenvalue weighted by Crippen LogP contribution is 2.34. The maximum absolute atomic E-state index is 12.9. The smallest absolute Gasteiger partial charge is 0.416 e. The second kappa shape index (κ2) is 11.2. The second-order valence-corrected chi connectivity index (χ2v) is 10.6. The SMILES string of the molecule is C=CCN(Cc1sc(-c2ccc(C(F)(F)F)cc2)nc1C)CC1C=CC(OC(C)(C)C(=O)O)=C(Cl)C1. The van der Waals surface area contributed by atoms with E-state index in [9.17, 15) is 23.1 Å². The van der Waals surface area contributed by atoms with Crippen LogP contribution < -0.4 is 0 Å². The van der Waals surface area contributed by atoms with Gasteiger partial charge >= 0.3 is 12.1 Å². The molecule has 0 aliphatic heterocycles. The van der Waals surface area contributed by atoms with Gasteiger partial charge in [-0.1, -0.05) is 35.9 Å². The van der Waals surface area contributed by atoms with Crippen LogP contribution in [0.5, 0.6) is 0 Å². The number of alkyl halides is 3. The average Bonchev–Trinajstić information content (AvgIpc) is 3.15. The van der Waals surface area contributed by atoms with Crippen LogP contribution in [0, 0.1) is 12.8 Å². The summed E-state index contributed by atoms with van der Waals surface area (Å²) in [6, 6.07) is 5.02. The number of rotatable bonds is 10. The fraction of sp³-hybridized carbons (Fsp3) is 0.385. The van der Waals surface area contributed by atoms with Crippen molar-refractivity contribution in [1.29, 1.82) is 0 Å². The zero-order valence-corrected chi connectivity index (χ0v) is 21.8. The number of halogens is 4. The fourth-order valence-electron chi connectivity index (χ4n) is 3.67. The Hall–Kier alpha value is -2.62. The Labute approximate surface area is 217 Å². The molecule has 194 valence electrons. The molecule has 3 rings (SSSR count). The molecular formula is C26H28ClF3N2O3S. The van der Waals surface area contributed by atoms with Gasteiger partial charge in [-0.3, -0.25) is 4.90 Å². The van der Waals surface area contributed by atoms with Crippen molar-refractivity contribution >= 4 is 28.9 Å². The largest absolute Gasteiger partial charge is 0.478 e. The molecule has 2 aromatic rings. The van der Waals surface area contributed by atoms with E-state index in [4.69, 9.17) is 16.3 Å². The third-order valence-electron chi connectivity index (χ3n) is 5.71. The molecule has 0 bridgehead atoms. The quantitative estimate of drug-likeness (QED) is 0.328. The second-order valence-electron chi connectivity index (χ2n) is 9.10. The molecule has 0 saturated carbocycles. The first-order valence-corrected chi connectivity index (χ1v) is 12.5. The van der Waals surface area contributed by atoms with E-state index in [0.717, 1.165) is 22.7 Å². The van der Waals surface area contributed by atoms with Gasteiger partial charge in [0.25, 0.3) is 0 Å². The predicted octanol–water partition coefficient (Wildman–Crippen LogP) is 7.03. The Morgan fingerprint density at radius 1 is 1.33 bits per heavy atom. The molecule has 0 spiro atoms. The van der Waals surface area contributed by atoms with E-state index < -0.39 is 23.3 Å². The van der Waals surface area contributed by atoms with E-state index >= 15 is 0 Å². The zero-order valence-electron chi connectivity index (χ0n) is 20.2. The minimum atomic E-state index is -4.38. The standard InChI is InChI=1S/C26H28ClF3N2O3S/c1-5-12-32(14-17-6-11-21(20(27)13-17)35-25(3,4)24(33)34)15-22-16(2)31-23(36-22)18-7-9-19(10-8-18)26(28,29)30/h5-11,17H,1,12-15H2,2-4H3,(H,33,34). The molecular weight excluding hydrogens is 513 g/mol. The topological polar surface area (TPSA) is 62.7 Å². The minimum Gasteiger partial charge on any atom is -0.478 e. The van der Waals surface area contributed by atoms with Gasteiger partial charge in [0.2, 0.25) is 0 Å². The van der Waals surface area contributed by atoms with E-state index in [0.29, 0.717) is 47.4 Å². The fourth-order valence-corrected chi connectivity index (χ4v) is 5.08. The van der Waals surface area contributed by atoms with Crippen LogP contribution in [-0.2, 0) is 22.3 Å². The normalized spacial score (nSPS) is 16.5. The third-order valence-corrected chi connectivity index (χ3v) is 7.24. The van der Waals surface area contributed by atoms with Crippen molar-refractivity contribution in [1.82, 2.24) is 9.88 Å². The first-order valence-electron chi connectivity index (χ1n) is 11.3. The lowest BCUT2D eigenvalue weighted by Gasteiger charge is -2.29. The maximum atomic E-state index is 12.9. The van der Waals surface area contributed by atoms with Gasteiger partial charge in [-0.15, -0.1) is 17.9 Å². The molecule has 1 aromatic heterocycles. The Kier molecular flexibility index (Phi) is 8.69. The zero-order chi connectivity index (χ0) is 26.7. The van der Waals surface area contributed by atoms with Crippen LogP contribution in [0.25, 0.3) is 10.6 Å². The molecule has 5 nitrogen and oxygen atoms in total. The predicted molar refractivity (Wildman–Crippen MR) is 136 cm³/mol. The Morgan fingerprint density at radius 2 is 2.00 bits per heavy atom. The lowest BCUT2D eigenvalue weighted by molar-refractivity contribution is -0.156. The number of aliphatic carboxylic acids is 1. The molecule has 1 aliphatic rings. The summed E-state index contributed by atoms with van der Waals surface area (Å²) in [7, 11) is 0. The Balaban J connectivity index is 1.69. The first-order chi connectivity index (χ1) is 16.8. The summed E-state index contributed by atoms with van der Waals surface area (Å²) in [5, 5.41) is 10.4. The summed E-state index contributed by atoms with van der Waals surface area (Å²) in [6.07, 6.45) is 1.62. The van der Waals surface area contributed by atoms with Crippen LogP contribution in [0.4, 0.5) is 13.2 Å². The van der Waals surface area contributed by atoms with Crippen molar-refractivity contribution in [2.75, 3.05) is 13.1 Å². The van der Waals surface area contributed by atoms with Crippen molar-refractivity contribution in [3.8, 4) is 10.6 Å². The molecule has 0 saturated heterocycles. The summed E-state index contributed by atoms with van der Waals surface area (Å²) in [4.78, 5) is 19.1. The van der Waals surface area contributed by atoms with E-state index in [1.165, 1.54) is 37.3 Å². The van der Waals surface area contributed by atoms with Gasteiger partial charge in [0.15, 0.2) is 5.60 Å². The van der Waals surface area contributed by atoms with Gasteiger partial charge in [-0.25, -0.2) is 9.78 Å². The number of hydrogen-bond acceptors (Lipinski definition) is 5. The number of aryl methyl sites for hydroxylation is 1. The lowest BCUT2D eigenvalue weighted by Crippen LogP contribution is -2.35.